The van der Waals surface area contributed by atoms with Crippen LogP contribution < -0.4 is 10.8 Å². The maximum atomic E-state index is 12.8. The van der Waals surface area contributed by atoms with Crippen LogP contribution in [0, 0.1) is 5.92 Å². The number of amides is 2. The molecule has 8 heteroatoms. The van der Waals surface area contributed by atoms with E-state index >= 15 is 0 Å². The lowest BCUT2D eigenvalue weighted by Gasteiger charge is -2.24. The minimum absolute atomic E-state index is 0.0127. The maximum absolute atomic E-state index is 12.8. The Bertz CT molecular complexity index is 1000. The van der Waals surface area contributed by atoms with E-state index in [0.717, 1.165) is 47.9 Å². The Morgan fingerprint density at radius 3 is 2.18 bits per heavy atom. The summed E-state index contributed by atoms with van der Waals surface area (Å²) in [6.45, 7) is 1.52. The molecule has 0 saturated heterocycles. The van der Waals surface area contributed by atoms with Crippen molar-refractivity contribution < 1.29 is 29.1 Å². The Balaban J connectivity index is 1.37. The van der Waals surface area contributed by atoms with Crippen molar-refractivity contribution in [2.45, 2.75) is 57.1 Å². The van der Waals surface area contributed by atoms with Crippen LogP contribution in [-0.4, -0.2) is 41.8 Å². The number of alkyl carbamates (subject to hydrolysis) is 1. The van der Waals surface area contributed by atoms with E-state index in [4.69, 9.17) is 14.7 Å². The predicted molar refractivity (Wildman–Crippen MR) is 125 cm³/mol. The zero-order valence-corrected chi connectivity index (χ0v) is 19.2. The Labute approximate surface area is 198 Å². The minimum Gasteiger partial charge on any atom is -0.479 e. The van der Waals surface area contributed by atoms with Crippen LogP contribution in [0.25, 0.3) is 11.1 Å². The average molecular weight is 467 g/mol. The molecule has 1 saturated carbocycles. The first kappa shape index (κ1) is 23.8. The van der Waals surface area contributed by atoms with Gasteiger partial charge in [-0.2, -0.15) is 0 Å². The Morgan fingerprint density at radius 2 is 1.59 bits per heavy atom. The van der Waals surface area contributed by atoms with E-state index in [1.807, 2.05) is 24.3 Å². The molecule has 0 heterocycles. The first-order valence-corrected chi connectivity index (χ1v) is 11.7. The van der Waals surface area contributed by atoms with E-state index in [2.05, 4.69) is 35.1 Å². The van der Waals surface area contributed by atoms with Crippen LogP contribution in [0.4, 0.5) is 4.79 Å². The molecule has 34 heavy (non-hydrogen) atoms. The van der Waals surface area contributed by atoms with Gasteiger partial charge in [-0.15, -0.1) is 0 Å². The number of hydroxylamine groups is 1. The number of rotatable bonds is 9. The fourth-order valence-corrected chi connectivity index (χ4v) is 4.93. The Morgan fingerprint density at radius 1 is 1.00 bits per heavy atom. The molecule has 4 rings (SSSR count). The second-order valence-corrected chi connectivity index (χ2v) is 8.95. The van der Waals surface area contributed by atoms with Crippen LogP contribution in [0.1, 0.15) is 56.1 Å². The summed E-state index contributed by atoms with van der Waals surface area (Å²) in [7, 11) is 0. The topological polar surface area (TPSA) is 114 Å². The second-order valence-electron chi connectivity index (χ2n) is 8.95. The van der Waals surface area contributed by atoms with E-state index < -0.39 is 30.1 Å². The van der Waals surface area contributed by atoms with Crippen LogP contribution >= 0.6 is 0 Å². The highest BCUT2D eigenvalue weighted by molar-refractivity contribution is 5.79. The monoisotopic (exact) mass is 466 g/mol. The maximum Gasteiger partial charge on any atom is 0.407 e. The van der Waals surface area contributed by atoms with Crippen LogP contribution in [0.3, 0.4) is 0 Å². The molecular weight excluding hydrogens is 436 g/mol. The molecule has 0 bridgehead atoms. The number of carbonyl (C=O) groups is 3. The summed E-state index contributed by atoms with van der Waals surface area (Å²) < 4.78 is 5.65. The van der Waals surface area contributed by atoms with Crippen LogP contribution in [-0.2, 0) is 19.2 Å². The highest BCUT2D eigenvalue weighted by Gasteiger charge is 2.31. The van der Waals surface area contributed by atoms with Gasteiger partial charge in [0.25, 0.3) is 0 Å². The Kier molecular flexibility index (Phi) is 7.47. The number of hydrogen-bond donors (Lipinski definition) is 3. The standard InChI is InChI=1S/C26H30N2O6/c1-16(25(30)31)34-28-24(29)14-23(17-8-2-3-9-17)27-26(32)33-15-22-20-12-6-4-10-18(20)19-11-5-7-13-21(19)22/h4-7,10-13,16-17,22-23H,2-3,8-9,14-15H2,1H3,(H,27,32)(H,28,29)(H,30,31). The van der Waals surface area contributed by atoms with Crippen molar-refractivity contribution in [1.29, 1.82) is 0 Å². The molecule has 2 unspecified atom stereocenters. The van der Waals surface area contributed by atoms with Crippen molar-refractivity contribution in [2.75, 3.05) is 6.61 Å². The average Bonchev–Trinajstić information content (AvgIpc) is 3.48. The second kappa shape index (κ2) is 10.7. The molecule has 1 fully saturated rings. The normalized spacial score (nSPS) is 16.9. The molecule has 0 aliphatic heterocycles. The van der Waals surface area contributed by atoms with Gasteiger partial charge in [-0.25, -0.2) is 15.1 Å². The van der Waals surface area contributed by atoms with Crippen molar-refractivity contribution in [3.05, 3.63) is 59.7 Å². The van der Waals surface area contributed by atoms with Gasteiger partial charge < -0.3 is 15.2 Å². The number of aliphatic carboxylic acids is 1. The molecule has 2 atom stereocenters. The molecule has 180 valence electrons. The number of fused-ring (bicyclic) bond motifs is 3. The van der Waals surface area contributed by atoms with E-state index in [1.165, 1.54) is 6.92 Å². The van der Waals surface area contributed by atoms with Gasteiger partial charge in [-0.05, 0) is 47.9 Å². The molecule has 2 aromatic rings. The highest BCUT2D eigenvalue weighted by atomic mass is 16.7. The molecule has 2 aliphatic rings. The number of carboxylic acid groups (broad SMARTS) is 1. The van der Waals surface area contributed by atoms with Crippen molar-refractivity contribution in [2.24, 2.45) is 5.92 Å². The van der Waals surface area contributed by atoms with Gasteiger partial charge in [0.1, 0.15) is 6.61 Å². The van der Waals surface area contributed by atoms with Crippen molar-refractivity contribution in [1.82, 2.24) is 10.8 Å². The third kappa shape index (κ3) is 5.39. The SMILES string of the molecule is CC(ONC(=O)CC(NC(=O)OCC1c2ccccc2-c2ccccc21)C1CCCC1)C(=O)O. The number of benzene rings is 2. The summed E-state index contributed by atoms with van der Waals surface area (Å²) in [5, 5.41) is 11.8. The summed E-state index contributed by atoms with van der Waals surface area (Å²) in [4.78, 5) is 40.8. The summed E-state index contributed by atoms with van der Waals surface area (Å²) in [5.74, 6) is -1.55. The highest BCUT2D eigenvalue weighted by Crippen LogP contribution is 2.44. The fourth-order valence-electron chi connectivity index (χ4n) is 4.93. The van der Waals surface area contributed by atoms with Gasteiger partial charge in [0, 0.05) is 18.4 Å². The van der Waals surface area contributed by atoms with E-state index in [0.29, 0.717) is 0 Å². The van der Waals surface area contributed by atoms with Crippen LogP contribution in [0.15, 0.2) is 48.5 Å². The lowest BCUT2D eigenvalue weighted by molar-refractivity contribution is -0.158. The third-order valence-electron chi connectivity index (χ3n) is 6.72. The first-order chi connectivity index (χ1) is 16.4. The summed E-state index contributed by atoms with van der Waals surface area (Å²) in [5.41, 5.74) is 6.75. The Hall–Kier alpha value is -3.39. The van der Waals surface area contributed by atoms with Crippen LogP contribution in [0.2, 0.25) is 0 Å². The van der Waals surface area contributed by atoms with Crippen molar-refractivity contribution in [3.8, 4) is 11.1 Å². The number of carbonyl (C=O) groups excluding carboxylic acids is 2. The van der Waals surface area contributed by atoms with E-state index in [-0.39, 0.29) is 24.9 Å². The number of hydrogen-bond acceptors (Lipinski definition) is 5. The van der Waals surface area contributed by atoms with Gasteiger partial charge in [0.2, 0.25) is 5.91 Å². The molecule has 8 nitrogen and oxygen atoms in total. The third-order valence-corrected chi connectivity index (χ3v) is 6.72. The van der Waals surface area contributed by atoms with Gasteiger partial charge in [-0.3, -0.25) is 9.63 Å². The molecule has 2 aliphatic carbocycles. The quantitative estimate of drug-likeness (QED) is 0.482. The summed E-state index contributed by atoms with van der Waals surface area (Å²) >= 11 is 0. The molecule has 2 aromatic carbocycles. The van der Waals surface area contributed by atoms with E-state index in [1.54, 1.807) is 0 Å². The smallest absolute Gasteiger partial charge is 0.407 e. The van der Waals surface area contributed by atoms with E-state index in [9.17, 15) is 14.4 Å². The molecule has 0 aromatic heterocycles. The number of carboxylic acids is 1. The zero-order valence-electron chi connectivity index (χ0n) is 19.2. The first-order valence-electron chi connectivity index (χ1n) is 11.7. The van der Waals surface area contributed by atoms with Crippen molar-refractivity contribution in [3.63, 3.8) is 0 Å². The van der Waals surface area contributed by atoms with Gasteiger partial charge in [-0.1, -0.05) is 61.4 Å². The molecular formula is C26H30N2O6. The molecule has 0 radical (unpaired) electrons. The number of ether oxygens (including phenoxy) is 1. The van der Waals surface area contributed by atoms with Gasteiger partial charge >= 0.3 is 12.1 Å². The number of nitrogens with one attached hydrogen (secondary N) is 2. The van der Waals surface area contributed by atoms with Gasteiger partial charge in [0.05, 0.1) is 0 Å². The predicted octanol–water partition coefficient (Wildman–Crippen LogP) is 3.99. The van der Waals surface area contributed by atoms with Gasteiger partial charge in [0.15, 0.2) is 6.10 Å². The fraction of sp³-hybridized carbons (Fsp3) is 0.423. The van der Waals surface area contributed by atoms with Crippen molar-refractivity contribution >= 4 is 18.0 Å². The largest absolute Gasteiger partial charge is 0.479 e. The lowest BCUT2D eigenvalue weighted by atomic mass is 9.95. The van der Waals surface area contributed by atoms with Crippen LogP contribution in [0.5, 0.6) is 0 Å². The summed E-state index contributed by atoms with van der Waals surface area (Å²) in [6, 6.07) is 15.8. The molecule has 0 spiro atoms. The lowest BCUT2D eigenvalue weighted by Crippen LogP contribution is -2.44. The zero-order chi connectivity index (χ0) is 24.1. The molecule has 2 amide bonds. The molecule has 3 N–H and O–H groups in total. The summed E-state index contributed by atoms with van der Waals surface area (Å²) in [6.07, 6.45) is 2.17. The minimum atomic E-state index is -1.18.